The van der Waals surface area contributed by atoms with Crippen LogP contribution >= 0.6 is 11.3 Å². The minimum Gasteiger partial charge on any atom is -0.497 e. The standard InChI is InChI=1S/C24H21N3O6S/c1-4-33-23(29)20-14(2)25-24-26(21(20)16-6-5-7-17(13-16)27(30)31)22(28)19(34-24)12-15-8-10-18(32-3)11-9-15/h5-13,21H,4H2,1-3H3/b19-12+/t21-/m1/s1. The van der Waals surface area contributed by atoms with Gasteiger partial charge < -0.3 is 9.47 Å². The van der Waals surface area contributed by atoms with Crippen molar-refractivity contribution in [3.05, 3.63) is 101 Å². The van der Waals surface area contributed by atoms with Crippen LogP contribution in [0, 0.1) is 10.1 Å². The third kappa shape index (κ3) is 4.27. The summed E-state index contributed by atoms with van der Waals surface area (Å²) in [5.74, 6) is 0.0728. The molecular formula is C24H21N3O6S. The summed E-state index contributed by atoms with van der Waals surface area (Å²) in [7, 11) is 1.57. The van der Waals surface area contributed by atoms with E-state index in [1.54, 1.807) is 45.2 Å². The van der Waals surface area contributed by atoms with Crippen LogP contribution in [0.25, 0.3) is 6.08 Å². The molecule has 0 amide bonds. The number of hydrogen-bond acceptors (Lipinski definition) is 8. The number of carbonyl (C=O) groups is 1. The van der Waals surface area contributed by atoms with E-state index in [1.807, 2.05) is 12.1 Å². The number of thiazole rings is 1. The number of nitrogens with zero attached hydrogens (tertiary/aromatic N) is 3. The third-order valence-electron chi connectivity index (χ3n) is 5.33. The van der Waals surface area contributed by atoms with Gasteiger partial charge in [0, 0.05) is 12.1 Å². The highest BCUT2D eigenvalue weighted by atomic mass is 32.1. The SMILES string of the molecule is CCOC(=O)C1=C(C)N=c2s/c(=C/c3ccc(OC)cc3)c(=O)n2[C@@H]1c1cccc([N+](=O)[O-])c1. The molecule has 2 aromatic carbocycles. The number of non-ortho nitro benzene ring substituents is 1. The fraction of sp³-hybridized carbons (Fsp3) is 0.208. The van der Waals surface area contributed by atoms with Crippen LogP contribution in [-0.4, -0.2) is 29.2 Å². The number of nitro benzene ring substituents is 1. The molecule has 1 aliphatic rings. The number of nitro groups is 1. The van der Waals surface area contributed by atoms with Gasteiger partial charge >= 0.3 is 5.97 Å². The van der Waals surface area contributed by atoms with E-state index >= 15 is 0 Å². The summed E-state index contributed by atoms with van der Waals surface area (Å²) in [6, 6.07) is 12.2. The Morgan fingerprint density at radius 1 is 1.26 bits per heavy atom. The number of methoxy groups -OCH3 is 1. The van der Waals surface area contributed by atoms with Gasteiger partial charge in [-0.1, -0.05) is 35.6 Å². The summed E-state index contributed by atoms with van der Waals surface area (Å²) < 4.78 is 12.2. The average Bonchev–Trinajstić information content (AvgIpc) is 3.13. The molecule has 9 nitrogen and oxygen atoms in total. The third-order valence-corrected chi connectivity index (χ3v) is 6.31. The lowest BCUT2D eigenvalue weighted by atomic mass is 9.95. The van der Waals surface area contributed by atoms with Crippen molar-refractivity contribution in [3.8, 4) is 5.75 Å². The van der Waals surface area contributed by atoms with Crippen molar-refractivity contribution in [1.29, 1.82) is 0 Å². The molecule has 4 rings (SSSR count). The highest BCUT2D eigenvalue weighted by Gasteiger charge is 2.34. The van der Waals surface area contributed by atoms with Crippen LogP contribution in [0.5, 0.6) is 5.75 Å². The summed E-state index contributed by atoms with van der Waals surface area (Å²) in [5, 5.41) is 11.4. The molecule has 0 bridgehead atoms. The van der Waals surface area contributed by atoms with Crippen LogP contribution in [0.2, 0.25) is 0 Å². The Balaban J connectivity index is 1.94. The molecule has 10 heteroatoms. The molecule has 1 atom stereocenters. The molecule has 1 aromatic heterocycles. The molecule has 0 radical (unpaired) electrons. The van der Waals surface area contributed by atoms with Crippen LogP contribution in [0.3, 0.4) is 0 Å². The zero-order valence-electron chi connectivity index (χ0n) is 18.7. The molecule has 0 N–H and O–H groups in total. The summed E-state index contributed by atoms with van der Waals surface area (Å²) >= 11 is 1.18. The lowest BCUT2D eigenvalue weighted by molar-refractivity contribution is -0.384. The quantitative estimate of drug-likeness (QED) is 0.305. The second kappa shape index (κ2) is 9.44. The van der Waals surface area contributed by atoms with E-state index in [-0.39, 0.29) is 23.4 Å². The van der Waals surface area contributed by atoms with Crippen molar-refractivity contribution in [2.45, 2.75) is 19.9 Å². The van der Waals surface area contributed by atoms with Crippen molar-refractivity contribution in [2.24, 2.45) is 4.99 Å². The Morgan fingerprint density at radius 2 is 2.00 bits per heavy atom. The zero-order chi connectivity index (χ0) is 24.4. The summed E-state index contributed by atoms with van der Waals surface area (Å²) in [4.78, 5) is 42.2. The van der Waals surface area contributed by atoms with Gasteiger partial charge in [-0.3, -0.25) is 19.5 Å². The van der Waals surface area contributed by atoms with Gasteiger partial charge in [0.15, 0.2) is 4.80 Å². The smallest absolute Gasteiger partial charge is 0.338 e. The van der Waals surface area contributed by atoms with Crippen LogP contribution < -0.4 is 19.6 Å². The van der Waals surface area contributed by atoms with Gasteiger partial charge in [-0.25, -0.2) is 9.79 Å². The Labute approximate surface area is 198 Å². The van der Waals surface area contributed by atoms with Crippen LogP contribution in [0.15, 0.2) is 69.6 Å². The predicted octanol–water partition coefficient (Wildman–Crippen LogP) is 2.72. The normalized spacial score (nSPS) is 15.5. The first-order chi connectivity index (χ1) is 16.3. The maximum atomic E-state index is 13.5. The van der Waals surface area contributed by atoms with Crippen LogP contribution in [0.4, 0.5) is 5.69 Å². The molecule has 0 fully saturated rings. The topological polar surface area (TPSA) is 113 Å². The molecule has 3 aromatic rings. The number of ether oxygens (including phenoxy) is 2. The van der Waals surface area contributed by atoms with Gasteiger partial charge in [0.05, 0.1) is 40.5 Å². The van der Waals surface area contributed by atoms with Crippen LogP contribution in [-0.2, 0) is 9.53 Å². The Bertz CT molecular complexity index is 1480. The van der Waals surface area contributed by atoms with E-state index in [9.17, 15) is 19.7 Å². The van der Waals surface area contributed by atoms with E-state index < -0.39 is 16.9 Å². The largest absolute Gasteiger partial charge is 0.497 e. The van der Waals surface area contributed by atoms with Crippen molar-refractivity contribution in [2.75, 3.05) is 13.7 Å². The lowest BCUT2D eigenvalue weighted by Gasteiger charge is -2.24. The second-order valence-corrected chi connectivity index (χ2v) is 8.44. The molecule has 1 aliphatic heterocycles. The van der Waals surface area contributed by atoms with E-state index in [0.717, 1.165) is 5.56 Å². The van der Waals surface area contributed by atoms with Gasteiger partial charge in [-0.05, 0) is 43.2 Å². The van der Waals surface area contributed by atoms with Gasteiger partial charge in [0.25, 0.3) is 11.2 Å². The number of esters is 1. The molecule has 0 spiro atoms. The number of hydrogen-bond donors (Lipinski definition) is 0. The van der Waals surface area contributed by atoms with Gasteiger partial charge in [-0.2, -0.15) is 0 Å². The van der Waals surface area contributed by atoms with Crippen molar-refractivity contribution >= 4 is 29.1 Å². The highest BCUT2D eigenvalue weighted by molar-refractivity contribution is 7.07. The van der Waals surface area contributed by atoms with Gasteiger partial charge in [0.1, 0.15) is 5.75 Å². The zero-order valence-corrected chi connectivity index (χ0v) is 19.5. The number of allylic oxidation sites excluding steroid dienone is 1. The average molecular weight is 480 g/mol. The number of aromatic nitrogens is 1. The Morgan fingerprint density at radius 3 is 2.65 bits per heavy atom. The van der Waals surface area contributed by atoms with E-state index in [0.29, 0.717) is 26.3 Å². The molecule has 2 heterocycles. The predicted molar refractivity (Wildman–Crippen MR) is 126 cm³/mol. The molecule has 174 valence electrons. The first-order valence-corrected chi connectivity index (χ1v) is 11.2. The molecule has 0 unspecified atom stereocenters. The van der Waals surface area contributed by atoms with Crippen molar-refractivity contribution in [1.82, 2.24) is 4.57 Å². The summed E-state index contributed by atoms with van der Waals surface area (Å²) in [5.41, 5.74) is 1.28. The number of benzene rings is 2. The summed E-state index contributed by atoms with van der Waals surface area (Å²) in [6.07, 6.45) is 1.73. The summed E-state index contributed by atoms with van der Waals surface area (Å²) in [6.45, 7) is 3.48. The fourth-order valence-corrected chi connectivity index (χ4v) is 4.81. The Kier molecular flexibility index (Phi) is 6.42. The number of fused-ring (bicyclic) bond motifs is 1. The number of carbonyl (C=O) groups excluding carboxylic acids is 1. The second-order valence-electron chi connectivity index (χ2n) is 7.43. The van der Waals surface area contributed by atoms with E-state index in [2.05, 4.69) is 4.99 Å². The molecule has 0 saturated carbocycles. The van der Waals surface area contributed by atoms with Crippen molar-refractivity contribution < 1.29 is 19.2 Å². The fourth-order valence-electron chi connectivity index (χ4n) is 3.77. The molecule has 0 aliphatic carbocycles. The van der Waals surface area contributed by atoms with Gasteiger partial charge in [-0.15, -0.1) is 0 Å². The molecular weight excluding hydrogens is 458 g/mol. The van der Waals surface area contributed by atoms with E-state index in [4.69, 9.17) is 9.47 Å². The van der Waals surface area contributed by atoms with Crippen molar-refractivity contribution in [3.63, 3.8) is 0 Å². The van der Waals surface area contributed by atoms with Crippen LogP contribution in [0.1, 0.15) is 31.0 Å². The highest BCUT2D eigenvalue weighted by Crippen LogP contribution is 2.32. The maximum absolute atomic E-state index is 13.5. The Hall–Kier alpha value is -4.05. The minimum absolute atomic E-state index is 0.138. The minimum atomic E-state index is -0.909. The molecule has 0 saturated heterocycles. The number of rotatable bonds is 6. The monoisotopic (exact) mass is 479 g/mol. The maximum Gasteiger partial charge on any atom is 0.338 e. The van der Waals surface area contributed by atoms with Gasteiger partial charge in [0.2, 0.25) is 0 Å². The lowest BCUT2D eigenvalue weighted by Crippen LogP contribution is -2.39. The first-order valence-electron chi connectivity index (χ1n) is 10.4. The van der Waals surface area contributed by atoms with E-state index in [1.165, 1.54) is 34.1 Å². The molecule has 34 heavy (non-hydrogen) atoms. The first kappa shape index (κ1) is 23.1.